The van der Waals surface area contributed by atoms with Gasteiger partial charge >= 0.3 is 5.97 Å². The fourth-order valence-electron chi connectivity index (χ4n) is 5.04. The molecule has 3 saturated heterocycles. The van der Waals surface area contributed by atoms with Crippen molar-refractivity contribution < 1.29 is 24.1 Å². The van der Waals surface area contributed by atoms with Crippen molar-refractivity contribution >= 4 is 5.97 Å². The summed E-state index contributed by atoms with van der Waals surface area (Å²) >= 11 is 0. The summed E-state index contributed by atoms with van der Waals surface area (Å²) in [6.07, 6.45) is 10.6. The molecule has 5 heteroatoms. The van der Waals surface area contributed by atoms with E-state index in [1.54, 1.807) is 0 Å². The monoisotopic (exact) mass is 388 g/mol. The van der Waals surface area contributed by atoms with Crippen molar-refractivity contribution in [2.75, 3.05) is 13.2 Å². The average Bonchev–Trinajstić information content (AvgIpc) is 2.74. The van der Waals surface area contributed by atoms with Crippen molar-refractivity contribution in [2.24, 2.45) is 5.41 Å². The number of benzene rings is 1. The maximum absolute atomic E-state index is 10.7. The number of ether oxygens (including phenoxy) is 3. The van der Waals surface area contributed by atoms with Gasteiger partial charge in [-0.15, -0.1) is 0 Å². The Morgan fingerprint density at radius 2 is 2.04 bits per heavy atom. The summed E-state index contributed by atoms with van der Waals surface area (Å²) in [6, 6.07) is 8.38. The number of carboxylic acids is 1. The maximum atomic E-state index is 10.7. The second kappa shape index (κ2) is 8.42. The molecule has 0 amide bonds. The van der Waals surface area contributed by atoms with Crippen LogP contribution in [-0.4, -0.2) is 30.6 Å². The van der Waals surface area contributed by atoms with Crippen LogP contribution in [-0.2, 0) is 19.9 Å². The molecule has 4 fully saturated rings. The van der Waals surface area contributed by atoms with Crippen molar-refractivity contribution in [1.82, 2.24) is 0 Å². The number of fused-ring (bicyclic) bond motifs is 3. The van der Waals surface area contributed by atoms with Gasteiger partial charge in [0, 0.05) is 12.8 Å². The summed E-state index contributed by atoms with van der Waals surface area (Å²) in [5.41, 5.74) is 1.29. The third-order valence-corrected chi connectivity index (χ3v) is 6.89. The van der Waals surface area contributed by atoms with Crippen LogP contribution in [0.2, 0.25) is 0 Å². The van der Waals surface area contributed by atoms with Crippen molar-refractivity contribution in [1.29, 1.82) is 0 Å². The molecule has 1 aromatic rings. The van der Waals surface area contributed by atoms with E-state index in [2.05, 4.69) is 18.2 Å². The molecule has 1 unspecified atom stereocenters. The van der Waals surface area contributed by atoms with Gasteiger partial charge in [0.1, 0.15) is 5.75 Å². The molecule has 4 aliphatic rings. The summed E-state index contributed by atoms with van der Waals surface area (Å²) in [6.45, 7) is 1.57. The number of carbonyl (C=O) groups is 1. The fraction of sp³-hybridized carbons (Fsp3) is 0.696. The lowest BCUT2D eigenvalue weighted by Gasteiger charge is -2.53. The minimum Gasteiger partial charge on any atom is -0.481 e. The number of rotatable bonds is 8. The topological polar surface area (TPSA) is 65.0 Å². The van der Waals surface area contributed by atoms with Gasteiger partial charge in [0.05, 0.1) is 18.8 Å². The van der Waals surface area contributed by atoms with Gasteiger partial charge < -0.3 is 19.3 Å². The zero-order chi connectivity index (χ0) is 19.5. The summed E-state index contributed by atoms with van der Waals surface area (Å²) in [7, 11) is 0. The molecule has 1 aliphatic carbocycles. The van der Waals surface area contributed by atoms with Gasteiger partial charge in [-0.3, -0.25) is 4.79 Å². The average molecular weight is 389 g/mol. The van der Waals surface area contributed by atoms with Crippen LogP contribution in [0, 0.1) is 5.41 Å². The van der Waals surface area contributed by atoms with Crippen LogP contribution in [0.4, 0.5) is 0 Å². The van der Waals surface area contributed by atoms with Crippen LogP contribution < -0.4 is 4.74 Å². The lowest BCUT2D eigenvalue weighted by Crippen LogP contribution is -2.49. The summed E-state index contributed by atoms with van der Waals surface area (Å²) in [5.74, 6) is 0.180. The van der Waals surface area contributed by atoms with E-state index in [1.807, 2.05) is 6.07 Å². The number of carboxylic acid groups (broad SMARTS) is 1. The molecule has 28 heavy (non-hydrogen) atoms. The quantitative estimate of drug-likeness (QED) is 0.633. The normalized spacial score (nSPS) is 32.2. The lowest BCUT2D eigenvalue weighted by atomic mass is 9.62. The number of unbranched alkanes of at least 4 members (excludes halogenated alkanes) is 1. The molecule has 1 N–H and O–H groups in total. The van der Waals surface area contributed by atoms with E-state index in [1.165, 1.54) is 5.56 Å². The molecule has 154 valence electrons. The van der Waals surface area contributed by atoms with Crippen LogP contribution in [0.15, 0.2) is 24.3 Å². The number of hydrogen-bond donors (Lipinski definition) is 1. The van der Waals surface area contributed by atoms with Gasteiger partial charge in [0.25, 0.3) is 0 Å². The van der Waals surface area contributed by atoms with Gasteiger partial charge in [-0.2, -0.15) is 0 Å². The highest BCUT2D eigenvalue weighted by Crippen LogP contribution is 2.55. The Bertz CT molecular complexity index is 655. The van der Waals surface area contributed by atoms with Crippen LogP contribution in [0.25, 0.3) is 0 Å². The van der Waals surface area contributed by atoms with E-state index >= 15 is 0 Å². The molecular weight excluding hydrogens is 356 g/mol. The summed E-state index contributed by atoms with van der Waals surface area (Å²) < 4.78 is 18.3. The zero-order valence-electron chi connectivity index (χ0n) is 16.7. The van der Waals surface area contributed by atoms with E-state index in [9.17, 15) is 4.79 Å². The Morgan fingerprint density at radius 3 is 2.71 bits per heavy atom. The first-order valence-electron chi connectivity index (χ1n) is 10.8. The Kier molecular flexibility index (Phi) is 5.93. The summed E-state index contributed by atoms with van der Waals surface area (Å²) in [5, 5.41) is 8.82. The van der Waals surface area contributed by atoms with Crippen molar-refractivity contribution in [3.05, 3.63) is 29.8 Å². The predicted molar refractivity (Wildman–Crippen MR) is 105 cm³/mol. The molecule has 3 aliphatic heterocycles. The molecule has 2 bridgehead atoms. The molecule has 1 aromatic carbocycles. The number of aliphatic carboxylic acids is 1. The van der Waals surface area contributed by atoms with E-state index in [-0.39, 0.29) is 23.7 Å². The third kappa shape index (κ3) is 4.36. The van der Waals surface area contributed by atoms with Crippen LogP contribution >= 0.6 is 0 Å². The highest BCUT2D eigenvalue weighted by Gasteiger charge is 2.50. The van der Waals surface area contributed by atoms with Crippen molar-refractivity contribution in [3.8, 4) is 5.75 Å². The Labute approximate surface area is 167 Å². The van der Waals surface area contributed by atoms with Crippen molar-refractivity contribution in [3.63, 3.8) is 0 Å². The first-order valence-corrected chi connectivity index (χ1v) is 10.8. The third-order valence-electron chi connectivity index (χ3n) is 6.89. The Morgan fingerprint density at radius 1 is 1.18 bits per heavy atom. The van der Waals surface area contributed by atoms with Crippen molar-refractivity contribution in [2.45, 2.75) is 82.5 Å². The van der Waals surface area contributed by atoms with Crippen LogP contribution in [0.5, 0.6) is 5.75 Å². The first-order chi connectivity index (χ1) is 13.6. The van der Waals surface area contributed by atoms with E-state index in [4.69, 9.17) is 19.3 Å². The zero-order valence-corrected chi connectivity index (χ0v) is 16.7. The molecule has 0 aromatic heterocycles. The van der Waals surface area contributed by atoms with Crippen LogP contribution in [0.3, 0.4) is 0 Å². The van der Waals surface area contributed by atoms with Gasteiger partial charge in [-0.1, -0.05) is 18.6 Å². The van der Waals surface area contributed by atoms with Gasteiger partial charge in [0.15, 0.2) is 6.29 Å². The second-order valence-electron chi connectivity index (χ2n) is 8.83. The standard InChI is InChI=1S/C23H32O5/c24-20(25)8-1-3-10-22-11-13-23(14-12-22,27-17-22)18-6-5-7-19(16-18)28-21-9-2-4-15-26-21/h5-7,16,21H,1-4,8-15,17H2,(H,24,25). The van der Waals surface area contributed by atoms with Gasteiger partial charge in [-0.25, -0.2) is 0 Å². The van der Waals surface area contributed by atoms with Gasteiger partial charge in [0.2, 0.25) is 0 Å². The molecule has 5 rings (SSSR count). The SMILES string of the molecule is O=C(O)CCCCC12CCC(c3cccc(OC4CCCCO4)c3)(CC1)OC2. The lowest BCUT2D eigenvalue weighted by molar-refractivity contribution is -0.192. The van der Waals surface area contributed by atoms with Crippen LogP contribution in [0.1, 0.15) is 76.2 Å². The molecule has 1 saturated carbocycles. The maximum Gasteiger partial charge on any atom is 0.303 e. The molecule has 0 spiro atoms. The molecule has 5 nitrogen and oxygen atoms in total. The fourth-order valence-corrected chi connectivity index (χ4v) is 5.04. The minimum absolute atomic E-state index is 0.126. The largest absolute Gasteiger partial charge is 0.481 e. The summed E-state index contributed by atoms with van der Waals surface area (Å²) in [4.78, 5) is 10.7. The predicted octanol–water partition coefficient (Wildman–Crippen LogP) is 5.02. The minimum atomic E-state index is -0.694. The molecule has 3 heterocycles. The van der Waals surface area contributed by atoms with E-state index in [0.717, 1.165) is 83.2 Å². The molecule has 1 atom stereocenters. The number of hydrogen-bond acceptors (Lipinski definition) is 4. The second-order valence-corrected chi connectivity index (χ2v) is 8.83. The Hall–Kier alpha value is -1.59. The smallest absolute Gasteiger partial charge is 0.303 e. The van der Waals surface area contributed by atoms with Gasteiger partial charge in [-0.05, 0) is 74.5 Å². The highest BCUT2D eigenvalue weighted by atomic mass is 16.7. The van der Waals surface area contributed by atoms with E-state index in [0.29, 0.717) is 0 Å². The molecule has 0 radical (unpaired) electrons. The first kappa shape index (κ1) is 19.7. The molecular formula is C23H32O5. The van der Waals surface area contributed by atoms with E-state index < -0.39 is 5.97 Å². The highest BCUT2D eigenvalue weighted by molar-refractivity contribution is 5.66. The Balaban J connectivity index is 1.36.